The fraction of sp³-hybridized carbons (Fsp3) is 0.261. The van der Waals surface area contributed by atoms with E-state index in [9.17, 15) is 9.59 Å². The van der Waals surface area contributed by atoms with Crippen molar-refractivity contribution in [3.05, 3.63) is 59.7 Å². The zero-order valence-corrected chi connectivity index (χ0v) is 17.3. The molecule has 0 aliphatic carbocycles. The third-order valence-electron chi connectivity index (χ3n) is 4.27. The Morgan fingerprint density at radius 2 is 1.83 bits per heavy atom. The van der Waals surface area contributed by atoms with E-state index < -0.39 is 18.5 Å². The molecular weight excluding hydrogens is 384 g/mol. The molecule has 156 valence electrons. The van der Waals surface area contributed by atoms with Crippen LogP contribution in [-0.2, 0) is 14.3 Å². The maximum Gasteiger partial charge on any atom is 0.331 e. The molecule has 2 aromatic carbocycles. The van der Waals surface area contributed by atoms with E-state index in [0.717, 1.165) is 5.56 Å². The van der Waals surface area contributed by atoms with Crippen molar-refractivity contribution in [1.29, 1.82) is 5.26 Å². The summed E-state index contributed by atoms with van der Waals surface area (Å²) < 4.78 is 15.5. The molecule has 0 bridgehead atoms. The maximum absolute atomic E-state index is 12.6. The fourth-order valence-electron chi connectivity index (χ4n) is 2.67. The number of rotatable bonds is 9. The number of ether oxygens (including phenoxy) is 3. The maximum atomic E-state index is 12.6. The second-order valence-corrected chi connectivity index (χ2v) is 6.34. The lowest BCUT2D eigenvalue weighted by molar-refractivity contribution is -0.142. The van der Waals surface area contributed by atoms with Crippen molar-refractivity contribution < 1.29 is 23.8 Å². The van der Waals surface area contributed by atoms with Gasteiger partial charge >= 0.3 is 5.97 Å². The van der Waals surface area contributed by atoms with Crippen LogP contribution in [0.5, 0.6) is 11.5 Å². The number of hydrogen-bond donors (Lipinski definition) is 0. The molecule has 30 heavy (non-hydrogen) atoms. The second-order valence-electron chi connectivity index (χ2n) is 6.34. The molecule has 0 atom stereocenters. The summed E-state index contributed by atoms with van der Waals surface area (Å²) in [5, 5.41) is 8.86. The number of nitriles is 1. The summed E-state index contributed by atoms with van der Waals surface area (Å²) in [6.07, 6.45) is 2.92. The lowest BCUT2D eigenvalue weighted by Crippen LogP contribution is -2.35. The van der Waals surface area contributed by atoms with Crippen molar-refractivity contribution in [2.45, 2.75) is 13.3 Å². The van der Waals surface area contributed by atoms with Crippen molar-refractivity contribution in [1.82, 2.24) is 0 Å². The molecule has 0 radical (unpaired) electrons. The highest BCUT2D eigenvalue weighted by Gasteiger charge is 2.17. The van der Waals surface area contributed by atoms with Crippen LogP contribution in [-0.4, -0.2) is 39.2 Å². The van der Waals surface area contributed by atoms with Crippen molar-refractivity contribution >= 4 is 23.6 Å². The topological polar surface area (TPSA) is 88.9 Å². The standard InChI is InChI=1S/C23H24N2O5/c1-17-5-8-19(9-6-17)25(14-4-13-24)22(26)16-30-23(27)12-7-18-15-20(28-2)10-11-21(18)29-3/h5-12,15H,4,14,16H2,1-3H3/b12-7+. The molecule has 0 aliphatic heterocycles. The molecule has 2 rings (SSSR count). The first-order valence-corrected chi connectivity index (χ1v) is 9.29. The molecule has 0 fully saturated rings. The zero-order chi connectivity index (χ0) is 21.9. The Kier molecular flexibility index (Phi) is 8.45. The van der Waals surface area contributed by atoms with E-state index in [1.165, 1.54) is 24.2 Å². The molecule has 0 heterocycles. The number of benzene rings is 2. The highest BCUT2D eigenvalue weighted by molar-refractivity contribution is 5.96. The van der Waals surface area contributed by atoms with Crippen LogP contribution in [0.1, 0.15) is 17.5 Å². The molecule has 7 heteroatoms. The van der Waals surface area contributed by atoms with Crippen LogP contribution in [0.3, 0.4) is 0 Å². The Morgan fingerprint density at radius 3 is 2.47 bits per heavy atom. The molecule has 0 saturated carbocycles. The fourth-order valence-corrected chi connectivity index (χ4v) is 2.67. The number of carbonyl (C=O) groups is 2. The molecule has 0 saturated heterocycles. The largest absolute Gasteiger partial charge is 0.497 e. The van der Waals surface area contributed by atoms with Crippen molar-refractivity contribution in [2.75, 3.05) is 32.3 Å². The summed E-state index contributed by atoms with van der Waals surface area (Å²) in [6.45, 7) is 1.72. The van der Waals surface area contributed by atoms with Crippen LogP contribution >= 0.6 is 0 Å². The van der Waals surface area contributed by atoms with Crippen LogP contribution in [0.2, 0.25) is 0 Å². The van der Waals surface area contributed by atoms with E-state index in [1.807, 2.05) is 25.1 Å². The van der Waals surface area contributed by atoms with E-state index in [2.05, 4.69) is 0 Å². The predicted molar refractivity (Wildman–Crippen MR) is 113 cm³/mol. The van der Waals surface area contributed by atoms with Crippen molar-refractivity contribution in [2.24, 2.45) is 0 Å². The Bertz CT molecular complexity index is 945. The van der Waals surface area contributed by atoms with Gasteiger partial charge < -0.3 is 19.1 Å². The Morgan fingerprint density at radius 1 is 1.10 bits per heavy atom. The third kappa shape index (κ3) is 6.38. The summed E-state index contributed by atoms with van der Waals surface area (Å²) in [4.78, 5) is 26.1. The summed E-state index contributed by atoms with van der Waals surface area (Å²) in [5.74, 6) is 0.107. The molecule has 0 unspecified atom stereocenters. The van der Waals surface area contributed by atoms with Gasteiger partial charge in [-0.2, -0.15) is 5.26 Å². The second kappa shape index (κ2) is 11.3. The van der Waals surface area contributed by atoms with E-state index in [1.54, 1.807) is 37.4 Å². The summed E-state index contributed by atoms with van der Waals surface area (Å²) in [7, 11) is 3.07. The molecule has 0 aliphatic rings. The minimum absolute atomic E-state index is 0.170. The first kappa shape index (κ1) is 22.5. The summed E-state index contributed by atoms with van der Waals surface area (Å²) >= 11 is 0. The van der Waals surface area contributed by atoms with E-state index in [4.69, 9.17) is 19.5 Å². The average Bonchev–Trinajstić information content (AvgIpc) is 2.77. The summed E-state index contributed by atoms with van der Waals surface area (Å²) in [6, 6.07) is 14.5. The lowest BCUT2D eigenvalue weighted by Gasteiger charge is -2.21. The normalized spacial score (nSPS) is 10.3. The predicted octanol–water partition coefficient (Wildman–Crippen LogP) is 3.52. The number of carbonyl (C=O) groups excluding carboxylic acids is 2. The van der Waals surface area contributed by atoms with Gasteiger partial charge in [-0.15, -0.1) is 0 Å². The van der Waals surface area contributed by atoms with Gasteiger partial charge in [0.25, 0.3) is 5.91 Å². The Labute approximate surface area is 176 Å². The number of nitrogens with zero attached hydrogens (tertiary/aromatic N) is 2. The van der Waals surface area contributed by atoms with Crippen LogP contribution in [0.25, 0.3) is 6.08 Å². The average molecular weight is 408 g/mol. The van der Waals surface area contributed by atoms with Crippen LogP contribution in [0.15, 0.2) is 48.5 Å². The van der Waals surface area contributed by atoms with Gasteiger partial charge in [0, 0.05) is 23.9 Å². The Balaban J connectivity index is 2.03. The number of esters is 1. The molecule has 0 spiro atoms. The monoisotopic (exact) mass is 408 g/mol. The van der Waals surface area contributed by atoms with E-state index in [0.29, 0.717) is 22.7 Å². The number of hydrogen-bond acceptors (Lipinski definition) is 6. The molecular formula is C23H24N2O5. The molecule has 0 aromatic heterocycles. The Hall–Kier alpha value is -3.79. The molecule has 2 aromatic rings. The number of methoxy groups -OCH3 is 2. The number of anilines is 1. The van der Waals surface area contributed by atoms with Crippen LogP contribution < -0.4 is 14.4 Å². The van der Waals surface area contributed by atoms with Gasteiger partial charge in [0.15, 0.2) is 6.61 Å². The zero-order valence-electron chi connectivity index (χ0n) is 17.3. The molecule has 7 nitrogen and oxygen atoms in total. The first-order chi connectivity index (χ1) is 14.5. The molecule has 0 N–H and O–H groups in total. The quantitative estimate of drug-likeness (QED) is 0.466. The van der Waals surface area contributed by atoms with Crippen LogP contribution in [0.4, 0.5) is 5.69 Å². The number of aryl methyl sites for hydroxylation is 1. The van der Waals surface area contributed by atoms with Gasteiger partial charge in [-0.05, 0) is 43.3 Å². The van der Waals surface area contributed by atoms with Crippen molar-refractivity contribution in [3.63, 3.8) is 0 Å². The van der Waals surface area contributed by atoms with E-state index in [-0.39, 0.29) is 13.0 Å². The smallest absolute Gasteiger partial charge is 0.331 e. The lowest BCUT2D eigenvalue weighted by atomic mass is 10.1. The summed E-state index contributed by atoms with van der Waals surface area (Å²) in [5.41, 5.74) is 2.33. The van der Waals surface area contributed by atoms with Gasteiger partial charge in [-0.1, -0.05) is 17.7 Å². The highest BCUT2D eigenvalue weighted by Crippen LogP contribution is 2.25. The minimum atomic E-state index is -0.669. The van der Waals surface area contributed by atoms with Gasteiger partial charge in [-0.3, -0.25) is 4.79 Å². The van der Waals surface area contributed by atoms with Crippen molar-refractivity contribution in [3.8, 4) is 17.6 Å². The first-order valence-electron chi connectivity index (χ1n) is 9.29. The van der Waals surface area contributed by atoms with Gasteiger partial charge in [0.2, 0.25) is 0 Å². The van der Waals surface area contributed by atoms with Gasteiger partial charge in [0.1, 0.15) is 11.5 Å². The van der Waals surface area contributed by atoms with Gasteiger partial charge in [0.05, 0.1) is 26.7 Å². The minimum Gasteiger partial charge on any atom is -0.497 e. The third-order valence-corrected chi connectivity index (χ3v) is 4.27. The van der Waals surface area contributed by atoms with Crippen LogP contribution in [0, 0.1) is 18.3 Å². The van der Waals surface area contributed by atoms with Gasteiger partial charge in [-0.25, -0.2) is 4.79 Å². The molecule has 1 amide bonds. The SMILES string of the molecule is COc1ccc(OC)c(/C=C/C(=O)OCC(=O)N(CCC#N)c2ccc(C)cc2)c1. The highest BCUT2D eigenvalue weighted by atomic mass is 16.5. The van der Waals surface area contributed by atoms with E-state index >= 15 is 0 Å². The number of amides is 1.